The number of rotatable bonds is 6. The molecule has 0 aliphatic rings. The van der Waals surface area contributed by atoms with Crippen LogP contribution in [-0.2, 0) is 0 Å². The number of carbonyl (C=O) groups is 1. The van der Waals surface area contributed by atoms with Gasteiger partial charge < -0.3 is 15.2 Å². The van der Waals surface area contributed by atoms with Crippen molar-refractivity contribution in [3.8, 4) is 18.1 Å². The lowest BCUT2D eigenvalue weighted by molar-refractivity contribution is 0.0697. The van der Waals surface area contributed by atoms with Crippen molar-refractivity contribution >= 4 is 5.97 Å². The number of nitrogens with one attached hydrogen (secondary N) is 1. The molecule has 0 saturated heterocycles. The summed E-state index contributed by atoms with van der Waals surface area (Å²) in [7, 11) is 0. The Balaban J connectivity index is 2.33. The van der Waals surface area contributed by atoms with Crippen molar-refractivity contribution in [2.75, 3.05) is 13.2 Å². The lowest BCUT2D eigenvalue weighted by Gasteiger charge is -2.09. The number of ether oxygens (including phenoxy) is 1. The predicted octanol–water partition coefficient (Wildman–Crippen LogP) is 1.37. The first-order chi connectivity index (χ1) is 8.13. The molecule has 4 heteroatoms. The lowest BCUT2D eigenvalue weighted by Crippen LogP contribution is -2.28. The summed E-state index contributed by atoms with van der Waals surface area (Å²) in [6.07, 6.45) is 5.20. The molecular weight excluding hydrogens is 218 g/mol. The van der Waals surface area contributed by atoms with Crippen LogP contribution >= 0.6 is 0 Å². The van der Waals surface area contributed by atoms with E-state index in [2.05, 4.69) is 11.2 Å². The number of carboxylic acid groups (broad SMARTS) is 1. The van der Waals surface area contributed by atoms with E-state index in [1.807, 2.05) is 6.92 Å². The third kappa shape index (κ3) is 4.58. The van der Waals surface area contributed by atoms with E-state index in [1.54, 1.807) is 12.1 Å². The largest absolute Gasteiger partial charge is 0.492 e. The summed E-state index contributed by atoms with van der Waals surface area (Å²) in [6, 6.07) is 6.31. The zero-order chi connectivity index (χ0) is 12.7. The molecule has 1 rings (SSSR count). The molecule has 90 valence electrons. The second-order valence-electron chi connectivity index (χ2n) is 3.52. The molecule has 0 aliphatic carbocycles. The summed E-state index contributed by atoms with van der Waals surface area (Å²) in [5, 5.41) is 11.8. The van der Waals surface area contributed by atoms with Gasteiger partial charge in [-0.25, -0.2) is 4.79 Å². The van der Waals surface area contributed by atoms with Crippen LogP contribution in [0.3, 0.4) is 0 Å². The number of aromatic carboxylic acids is 1. The average molecular weight is 233 g/mol. The fourth-order valence-electron chi connectivity index (χ4n) is 1.20. The second kappa shape index (κ2) is 6.56. The zero-order valence-electron chi connectivity index (χ0n) is 9.64. The van der Waals surface area contributed by atoms with Crippen LogP contribution in [0.15, 0.2) is 24.3 Å². The van der Waals surface area contributed by atoms with Gasteiger partial charge >= 0.3 is 5.97 Å². The Hall–Kier alpha value is -1.99. The van der Waals surface area contributed by atoms with E-state index < -0.39 is 5.97 Å². The van der Waals surface area contributed by atoms with E-state index in [4.69, 9.17) is 16.3 Å². The van der Waals surface area contributed by atoms with Crippen molar-refractivity contribution in [1.82, 2.24) is 5.32 Å². The van der Waals surface area contributed by atoms with E-state index in [-0.39, 0.29) is 11.6 Å². The van der Waals surface area contributed by atoms with Gasteiger partial charge in [0.2, 0.25) is 0 Å². The lowest BCUT2D eigenvalue weighted by atomic mass is 10.2. The monoisotopic (exact) mass is 233 g/mol. The molecule has 0 radical (unpaired) electrons. The van der Waals surface area contributed by atoms with Crippen LogP contribution in [0.1, 0.15) is 17.3 Å². The van der Waals surface area contributed by atoms with E-state index in [0.717, 1.165) is 0 Å². The highest BCUT2D eigenvalue weighted by molar-refractivity contribution is 5.87. The molecule has 1 aromatic carbocycles. The molecule has 1 aromatic rings. The van der Waals surface area contributed by atoms with Gasteiger partial charge in [-0.1, -0.05) is 5.92 Å². The first-order valence-corrected chi connectivity index (χ1v) is 5.29. The van der Waals surface area contributed by atoms with Gasteiger partial charge in [-0.2, -0.15) is 0 Å². The molecule has 1 atom stereocenters. The van der Waals surface area contributed by atoms with Crippen LogP contribution in [0.5, 0.6) is 5.75 Å². The minimum Gasteiger partial charge on any atom is -0.492 e. The first-order valence-electron chi connectivity index (χ1n) is 5.29. The zero-order valence-corrected chi connectivity index (χ0v) is 9.64. The molecule has 0 amide bonds. The van der Waals surface area contributed by atoms with Crippen LogP contribution in [0, 0.1) is 12.3 Å². The Morgan fingerprint density at radius 2 is 2.18 bits per heavy atom. The van der Waals surface area contributed by atoms with Crippen LogP contribution in [0.2, 0.25) is 0 Å². The Labute approximate surface area is 101 Å². The first kappa shape index (κ1) is 13.1. The van der Waals surface area contributed by atoms with Gasteiger partial charge in [0.25, 0.3) is 0 Å². The standard InChI is InChI=1S/C13H15NO3/c1-3-10(2)14-8-9-17-12-6-4-11(5-7-12)13(15)16/h1,4-7,10,14H,8-9H2,2H3,(H,15,16). The van der Waals surface area contributed by atoms with Crippen molar-refractivity contribution < 1.29 is 14.6 Å². The molecule has 0 saturated carbocycles. The van der Waals surface area contributed by atoms with Gasteiger partial charge in [-0.05, 0) is 31.2 Å². The summed E-state index contributed by atoms with van der Waals surface area (Å²) in [4.78, 5) is 10.6. The van der Waals surface area contributed by atoms with Crippen molar-refractivity contribution in [3.63, 3.8) is 0 Å². The van der Waals surface area contributed by atoms with E-state index >= 15 is 0 Å². The molecule has 0 spiro atoms. The Morgan fingerprint density at radius 3 is 2.71 bits per heavy atom. The normalized spacial score (nSPS) is 11.5. The van der Waals surface area contributed by atoms with Crippen LogP contribution in [0.25, 0.3) is 0 Å². The highest BCUT2D eigenvalue weighted by Crippen LogP contribution is 2.11. The molecule has 4 nitrogen and oxygen atoms in total. The van der Waals surface area contributed by atoms with E-state index in [1.165, 1.54) is 12.1 Å². The summed E-state index contributed by atoms with van der Waals surface area (Å²) < 4.78 is 5.41. The van der Waals surface area contributed by atoms with E-state index in [0.29, 0.717) is 18.9 Å². The highest BCUT2D eigenvalue weighted by Gasteiger charge is 2.02. The summed E-state index contributed by atoms with van der Waals surface area (Å²) in [5.41, 5.74) is 0.247. The van der Waals surface area contributed by atoms with Gasteiger partial charge in [-0.3, -0.25) is 0 Å². The summed E-state index contributed by atoms with van der Waals surface area (Å²) in [5.74, 6) is 2.25. The second-order valence-corrected chi connectivity index (χ2v) is 3.52. The fraction of sp³-hybridized carbons (Fsp3) is 0.308. The highest BCUT2D eigenvalue weighted by atomic mass is 16.5. The van der Waals surface area contributed by atoms with Crippen molar-refractivity contribution in [3.05, 3.63) is 29.8 Å². The number of hydrogen-bond acceptors (Lipinski definition) is 3. The van der Waals surface area contributed by atoms with Crippen LogP contribution < -0.4 is 10.1 Å². The topological polar surface area (TPSA) is 58.6 Å². The molecule has 1 unspecified atom stereocenters. The van der Waals surface area contributed by atoms with Crippen molar-refractivity contribution in [1.29, 1.82) is 0 Å². The maximum Gasteiger partial charge on any atom is 0.335 e. The summed E-state index contributed by atoms with van der Waals surface area (Å²) >= 11 is 0. The SMILES string of the molecule is C#CC(C)NCCOc1ccc(C(=O)O)cc1. The Kier molecular flexibility index (Phi) is 5.05. The van der Waals surface area contributed by atoms with Gasteiger partial charge in [0.1, 0.15) is 12.4 Å². The van der Waals surface area contributed by atoms with E-state index in [9.17, 15) is 4.79 Å². The third-order valence-corrected chi connectivity index (χ3v) is 2.17. The van der Waals surface area contributed by atoms with Crippen molar-refractivity contribution in [2.45, 2.75) is 13.0 Å². The minimum atomic E-state index is -0.943. The Bertz CT molecular complexity index is 406. The van der Waals surface area contributed by atoms with Gasteiger partial charge in [0, 0.05) is 6.54 Å². The van der Waals surface area contributed by atoms with Crippen LogP contribution in [-0.4, -0.2) is 30.3 Å². The molecular formula is C13H15NO3. The molecule has 0 heterocycles. The molecule has 0 aliphatic heterocycles. The molecule has 17 heavy (non-hydrogen) atoms. The fourth-order valence-corrected chi connectivity index (χ4v) is 1.20. The maximum absolute atomic E-state index is 10.6. The number of hydrogen-bond donors (Lipinski definition) is 2. The smallest absolute Gasteiger partial charge is 0.335 e. The van der Waals surface area contributed by atoms with Gasteiger partial charge in [0.05, 0.1) is 11.6 Å². The summed E-state index contributed by atoms with van der Waals surface area (Å²) in [6.45, 7) is 3.02. The average Bonchev–Trinajstić information content (AvgIpc) is 2.34. The molecule has 2 N–H and O–H groups in total. The maximum atomic E-state index is 10.6. The van der Waals surface area contributed by atoms with Gasteiger partial charge in [-0.15, -0.1) is 6.42 Å². The molecule has 0 bridgehead atoms. The van der Waals surface area contributed by atoms with Gasteiger partial charge in [0.15, 0.2) is 0 Å². The van der Waals surface area contributed by atoms with Crippen molar-refractivity contribution in [2.24, 2.45) is 0 Å². The molecule has 0 fully saturated rings. The molecule has 0 aromatic heterocycles. The Morgan fingerprint density at radius 1 is 1.53 bits per heavy atom. The quantitative estimate of drug-likeness (QED) is 0.575. The van der Waals surface area contributed by atoms with Crippen LogP contribution in [0.4, 0.5) is 0 Å². The third-order valence-electron chi connectivity index (χ3n) is 2.17. The minimum absolute atomic E-state index is 0.0213. The predicted molar refractivity (Wildman–Crippen MR) is 65.2 cm³/mol. The number of terminal acetylenes is 1. The number of carboxylic acids is 1. The number of benzene rings is 1.